The summed E-state index contributed by atoms with van der Waals surface area (Å²) < 4.78 is 10.4. The molecule has 3 rings (SSSR count). The molecule has 0 saturated heterocycles. The molecule has 2 aromatic rings. The lowest BCUT2D eigenvalue weighted by Gasteiger charge is -2.38. The summed E-state index contributed by atoms with van der Waals surface area (Å²) in [5.74, 6) is -1.08. The van der Waals surface area contributed by atoms with Crippen molar-refractivity contribution in [2.75, 3.05) is 24.4 Å². The van der Waals surface area contributed by atoms with Gasteiger partial charge in [-0.2, -0.15) is 0 Å². The average Bonchev–Trinajstić information content (AvgIpc) is 2.67. The maximum atomic E-state index is 12.8. The molecular formula is C20H20N2O5. The van der Waals surface area contributed by atoms with Gasteiger partial charge in [-0.25, -0.2) is 4.79 Å². The van der Waals surface area contributed by atoms with Crippen LogP contribution in [0, 0.1) is 6.92 Å². The van der Waals surface area contributed by atoms with Crippen molar-refractivity contribution in [3.05, 3.63) is 53.6 Å². The number of aryl methyl sites for hydroxylation is 1. The average molecular weight is 368 g/mol. The lowest BCUT2D eigenvalue weighted by atomic mass is 9.99. The summed E-state index contributed by atoms with van der Waals surface area (Å²) in [6.07, 6.45) is 0. The molecule has 0 fully saturated rings. The number of carbonyl (C=O) groups is 3. The smallest absolute Gasteiger partial charge is 0.337 e. The third-order valence-corrected chi connectivity index (χ3v) is 4.50. The maximum absolute atomic E-state index is 12.8. The van der Waals surface area contributed by atoms with Gasteiger partial charge < -0.3 is 19.7 Å². The molecule has 140 valence electrons. The number of fused-ring (bicyclic) bond motifs is 1. The van der Waals surface area contributed by atoms with Gasteiger partial charge in [-0.3, -0.25) is 9.59 Å². The second kappa shape index (κ2) is 6.75. The molecule has 27 heavy (non-hydrogen) atoms. The molecule has 0 aromatic heterocycles. The number of nitrogens with one attached hydrogen (secondary N) is 1. The molecular weight excluding hydrogens is 348 g/mol. The van der Waals surface area contributed by atoms with Crippen LogP contribution in [0.25, 0.3) is 0 Å². The topological polar surface area (TPSA) is 84.9 Å². The molecule has 1 N–H and O–H groups in total. The Labute approximate surface area is 156 Å². The van der Waals surface area contributed by atoms with Crippen LogP contribution in [0.1, 0.15) is 22.8 Å². The fourth-order valence-electron chi connectivity index (χ4n) is 2.87. The van der Waals surface area contributed by atoms with Gasteiger partial charge in [0.25, 0.3) is 17.4 Å². The van der Waals surface area contributed by atoms with E-state index < -0.39 is 23.4 Å². The second-order valence-electron chi connectivity index (χ2n) is 6.49. The van der Waals surface area contributed by atoms with E-state index in [-0.39, 0.29) is 0 Å². The standard InChI is InChI=1S/C20H20N2O5/c1-12-5-10-16-15(11-12)22(3)19(25)20(2,27-16)18(24)21-14-8-6-13(7-9-14)17(23)26-4/h5-11H,1-4H3,(H,21,24). The van der Waals surface area contributed by atoms with Gasteiger partial charge in [0.1, 0.15) is 5.75 Å². The molecule has 7 heteroatoms. The quantitative estimate of drug-likeness (QED) is 0.665. The van der Waals surface area contributed by atoms with Gasteiger partial charge in [0.05, 0.1) is 18.4 Å². The number of hydrogen-bond acceptors (Lipinski definition) is 5. The Kier molecular flexibility index (Phi) is 4.61. The summed E-state index contributed by atoms with van der Waals surface area (Å²) in [4.78, 5) is 38.5. The third-order valence-electron chi connectivity index (χ3n) is 4.50. The summed E-state index contributed by atoms with van der Waals surface area (Å²) >= 11 is 0. The van der Waals surface area contributed by atoms with E-state index >= 15 is 0 Å². The number of methoxy groups -OCH3 is 1. The maximum Gasteiger partial charge on any atom is 0.337 e. The molecule has 1 aliphatic heterocycles. The molecule has 0 bridgehead atoms. The highest BCUT2D eigenvalue weighted by Gasteiger charge is 2.49. The molecule has 0 spiro atoms. The van der Waals surface area contributed by atoms with Gasteiger partial charge in [-0.1, -0.05) is 6.07 Å². The summed E-state index contributed by atoms with van der Waals surface area (Å²) in [7, 11) is 2.90. The summed E-state index contributed by atoms with van der Waals surface area (Å²) in [5.41, 5.74) is 0.680. The van der Waals surface area contributed by atoms with Crippen LogP contribution in [0.4, 0.5) is 11.4 Å². The fourth-order valence-corrected chi connectivity index (χ4v) is 2.87. The van der Waals surface area contributed by atoms with E-state index in [1.807, 2.05) is 19.1 Å². The Balaban J connectivity index is 1.84. The first kappa shape index (κ1) is 18.4. The van der Waals surface area contributed by atoms with Crippen LogP contribution in [-0.4, -0.2) is 37.5 Å². The molecule has 0 saturated carbocycles. The van der Waals surface area contributed by atoms with Gasteiger partial charge in [0.2, 0.25) is 0 Å². The molecule has 2 aromatic carbocycles. The van der Waals surface area contributed by atoms with Crippen molar-refractivity contribution in [1.82, 2.24) is 0 Å². The number of carbonyl (C=O) groups excluding carboxylic acids is 3. The molecule has 7 nitrogen and oxygen atoms in total. The Morgan fingerprint density at radius 3 is 2.44 bits per heavy atom. The predicted molar refractivity (Wildman–Crippen MR) is 100 cm³/mol. The normalized spacial score (nSPS) is 18.4. The number of benzene rings is 2. The van der Waals surface area contributed by atoms with Crippen molar-refractivity contribution in [3.63, 3.8) is 0 Å². The Morgan fingerprint density at radius 1 is 1.15 bits per heavy atom. The van der Waals surface area contributed by atoms with Crippen molar-refractivity contribution >= 4 is 29.2 Å². The molecule has 1 aliphatic rings. The number of rotatable bonds is 3. The fraction of sp³-hybridized carbons (Fsp3) is 0.250. The molecule has 2 amide bonds. The Hall–Kier alpha value is -3.35. The van der Waals surface area contributed by atoms with E-state index in [1.54, 1.807) is 25.2 Å². The van der Waals surface area contributed by atoms with E-state index in [0.717, 1.165) is 5.56 Å². The molecule has 0 radical (unpaired) electrons. The van der Waals surface area contributed by atoms with E-state index in [2.05, 4.69) is 10.1 Å². The van der Waals surface area contributed by atoms with E-state index in [0.29, 0.717) is 22.7 Å². The number of amides is 2. The minimum absolute atomic E-state index is 0.357. The first-order valence-electron chi connectivity index (χ1n) is 8.34. The number of likely N-dealkylation sites (N-methyl/N-ethyl adjacent to an activating group) is 1. The van der Waals surface area contributed by atoms with Crippen LogP contribution in [0.3, 0.4) is 0 Å². The van der Waals surface area contributed by atoms with Gasteiger partial charge in [-0.15, -0.1) is 0 Å². The Bertz CT molecular complexity index is 922. The van der Waals surface area contributed by atoms with Crippen LogP contribution in [0.15, 0.2) is 42.5 Å². The predicted octanol–water partition coefficient (Wildman–Crippen LogP) is 2.53. The molecule has 1 unspecified atom stereocenters. The second-order valence-corrected chi connectivity index (χ2v) is 6.49. The monoisotopic (exact) mass is 368 g/mol. The number of ether oxygens (including phenoxy) is 2. The highest BCUT2D eigenvalue weighted by molar-refractivity contribution is 6.19. The van der Waals surface area contributed by atoms with Crippen molar-refractivity contribution in [1.29, 1.82) is 0 Å². The van der Waals surface area contributed by atoms with Gasteiger partial charge in [0, 0.05) is 12.7 Å². The van der Waals surface area contributed by atoms with E-state index in [9.17, 15) is 14.4 Å². The lowest BCUT2D eigenvalue weighted by Crippen LogP contribution is -2.59. The van der Waals surface area contributed by atoms with E-state index in [4.69, 9.17) is 4.74 Å². The van der Waals surface area contributed by atoms with Crippen molar-refractivity contribution in [3.8, 4) is 5.75 Å². The number of anilines is 2. The van der Waals surface area contributed by atoms with E-state index in [1.165, 1.54) is 31.1 Å². The Morgan fingerprint density at radius 2 is 1.81 bits per heavy atom. The third kappa shape index (κ3) is 3.23. The summed E-state index contributed by atoms with van der Waals surface area (Å²) in [6, 6.07) is 11.6. The minimum Gasteiger partial charge on any atom is -0.465 e. The molecule has 1 heterocycles. The van der Waals surface area contributed by atoms with Crippen LogP contribution < -0.4 is 15.0 Å². The number of nitrogens with zero attached hydrogens (tertiary/aromatic N) is 1. The van der Waals surface area contributed by atoms with Crippen LogP contribution in [0.5, 0.6) is 5.75 Å². The SMILES string of the molecule is COC(=O)c1ccc(NC(=O)C2(C)Oc3ccc(C)cc3N(C)C2=O)cc1. The zero-order valence-electron chi connectivity index (χ0n) is 15.5. The minimum atomic E-state index is -1.71. The molecule has 0 aliphatic carbocycles. The van der Waals surface area contributed by atoms with Gasteiger partial charge >= 0.3 is 5.97 Å². The highest BCUT2D eigenvalue weighted by Crippen LogP contribution is 2.38. The zero-order chi connectivity index (χ0) is 19.8. The van der Waals surface area contributed by atoms with Crippen LogP contribution >= 0.6 is 0 Å². The largest absolute Gasteiger partial charge is 0.465 e. The summed E-state index contributed by atoms with van der Waals surface area (Å²) in [5, 5.41) is 2.67. The van der Waals surface area contributed by atoms with Crippen LogP contribution in [0.2, 0.25) is 0 Å². The first-order valence-corrected chi connectivity index (χ1v) is 8.34. The van der Waals surface area contributed by atoms with Gasteiger partial charge in [0.15, 0.2) is 0 Å². The highest BCUT2D eigenvalue weighted by atomic mass is 16.5. The van der Waals surface area contributed by atoms with Gasteiger partial charge in [-0.05, 0) is 55.8 Å². The zero-order valence-corrected chi connectivity index (χ0v) is 15.5. The molecule has 1 atom stereocenters. The van der Waals surface area contributed by atoms with Crippen LogP contribution in [-0.2, 0) is 14.3 Å². The lowest BCUT2D eigenvalue weighted by molar-refractivity contribution is -0.144. The first-order chi connectivity index (χ1) is 12.8. The number of hydrogen-bond donors (Lipinski definition) is 1. The van der Waals surface area contributed by atoms with Crippen molar-refractivity contribution in [2.24, 2.45) is 0 Å². The number of esters is 1. The van der Waals surface area contributed by atoms with Crippen molar-refractivity contribution in [2.45, 2.75) is 19.4 Å². The summed E-state index contributed by atoms with van der Waals surface area (Å²) in [6.45, 7) is 3.35. The van der Waals surface area contributed by atoms with Crippen molar-refractivity contribution < 1.29 is 23.9 Å².